The molecule has 0 spiro atoms. The number of carbonyl (C=O) groups excluding carboxylic acids is 1. The van der Waals surface area contributed by atoms with Gasteiger partial charge in [0.2, 0.25) is 0 Å². The number of aromatic nitrogens is 2. The van der Waals surface area contributed by atoms with E-state index in [2.05, 4.69) is 15.5 Å². The Hall–Kier alpha value is -3.93. The predicted molar refractivity (Wildman–Crippen MR) is 113 cm³/mol. The Morgan fingerprint density at radius 3 is 2.40 bits per heavy atom. The van der Waals surface area contributed by atoms with Crippen molar-refractivity contribution in [1.29, 1.82) is 0 Å². The van der Waals surface area contributed by atoms with Crippen molar-refractivity contribution in [2.24, 2.45) is 0 Å². The molecule has 1 amide bonds. The molecule has 0 saturated heterocycles. The number of anilines is 1. The van der Waals surface area contributed by atoms with E-state index in [-0.39, 0.29) is 18.2 Å². The summed E-state index contributed by atoms with van der Waals surface area (Å²) in [5.74, 6) is 0.943. The minimum absolute atomic E-state index is 0.201. The Morgan fingerprint density at radius 2 is 1.67 bits per heavy atom. The smallest absolute Gasteiger partial charge is 0.278 e. The SMILES string of the molecule is Cc1onc(C(=O)Nc2ccc(Cc3ccncc3)cc2)c1COc1ccccc1. The van der Waals surface area contributed by atoms with Gasteiger partial charge >= 0.3 is 0 Å². The highest BCUT2D eigenvalue weighted by atomic mass is 16.5. The maximum Gasteiger partial charge on any atom is 0.278 e. The Bertz CT molecular complexity index is 1110. The number of carbonyl (C=O) groups is 1. The highest BCUT2D eigenvalue weighted by Gasteiger charge is 2.20. The first-order valence-corrected chi connectivity index (χ1v) is 9.61. The van der Waals surface area contributed by atoms with E-state index in [1.807, 2.05) is 66.7 Å². The number of ether oxygens (including phenoxy) is 1. The van der Waals surface area contributed by atoms with Gasteiger partial charge in [-0.05, 0) is 60.9 Å². The van der Waals surface area contributed by atoms with Gasteiger partial charge in [-0.3, -0.25) is 9.78 Å². The van der Waals surface area contributed by atoms with Crippen LogP contribution in [0.3, 0.4) is 0 Å². The molecule has 0 bridgehead atoms. The molecule has 4 rings (SSSR count). The van der Waals surface area contributed by atoms with Crippen molar-refractivity contribution >= 4 is 11.6 Å². The number of nitrogens with zero attached hydrogens (tertiary/aromatic N) is 2. The summed E-state index contributed by atoms with van der Waals surface area (Å²) in [5.41, 5.74) is 3.88. The molecule has 0 aliphatic heterocycles. The Labute approximate surface area is 174 Å². The van der Waals surface area contributed by atoms with E-state index in [4.69, 9.17) is 9.26 Å². The molecule has 30 heavy (non-hydrogen) atoms. The quantitative estimate of drug-likeness (QED) is 0.483. The molecule has 0 fully saturated rings. The molecule has 6 nitrogen and oxygen atoms in total. The van der Waals surface area contributed by atoms with Crippen LogP contribution >= 0.6 is 0 Å². The van der Waals surface area contributed by atoms with Gasteiger partial charge < -0.3 is 14.6 Å². The summed E-state index contributed by atoms with van der Waals surface area (Å²) in [7, 11) is 0. The van der Waals surface area contributed by atoms with Gasteiger partial charge in [-0.2, -0.15) is 0 Å². The average Bonchev–Trinajstić information content (AvgIpc) is 3.15. The third-order valence-corrected chi connectivity index (χ3v) is 4.70. The van der Waals surface area contributed by atoms with Crippen LogP contribution in [0.5, 0.6) is 5.75 Å². The van der Waals surface area contributed by atoms with Gasteiger partial charge in [-0.15, -0.1) is 0 Å². The highest BCUT2D eigenvalue weighted by Crippen LogP contribution is 2.20. The average molecular weight is 399 g/mol. The zero-order valence-electron chi connectivity index (χ0n) is 16.5. The first kappa shape index (κ1) is 19.4. The molecule has 4 aromatic rings. The first-order valence-electron chi connectivity index (χ1n) is 9.61. The van der Waals surface area contributed by atoms with E-state index >= 15 is 0 Å². The van der Waals surface area contributed by atoms with Gasteiger partial charge in [0.05, 0.1) is 5.56 Å². The minimum atomic E-state index is -0.333. The topological polar surface area (TPSA) is 77.3 Å². The lowest BCUT2D eigenvalue weighted by atomic mass is 10.1. The van der Waals surface area contributed by atoms with Crippen molar-refractivity contribution in [3.05, 3.63) is 107 Å². The minimum Gasteiger partial charge on any atom is -0.489 e. The van der Waals surface area contributed by atoms with Crippen molar-refractivity contribution in [3.8, 4) is 5.75 Å². The van der Waals surface area contributed by atoms with Gasteiger partial charge in [-0.1, -0.05) is 35.5 Å². The summed E-state index contributed by atoms with van der Waals surface area (Å²) >= 11 is 0. The summed E-state index contributed by atoms with van der Waals surface area (Å²) in [6.07, 6.45) is 4.37. The second-order valence-corrected chi connectivity index (χ2v) is 6.85. The van der Waals surface area contributed by atoms with Crippen LogP contribution in [0.4, 0.5) is 5.69 Å². The molecule has 0 atom stereocenters. The fraction of sp³-hybridized carbons (Fsp3) is 0.125. The van der Waals surface area contributed by atoms with Gasteiger partial charge in [-0.25, -0.2) is 0 Å². The van der Waals surface area contributed by atoms with E-state index in [0.29, 0.717) is 22.8 Å². The largest absolute Gasteiger partial charge is 0.489 e. The predicted octanol–water partition coefficient (Wildman–Crippen LogP) is 4.80. The first-order chi connectivity index (χ1) is 14.7. The monoisotopic (exact) mass is 399 g/mol. The fourth-order valence-electron chi connectivity index (χ4n) is 3.04. The van der Waals surface area contributed by atoms with E-state index in [9.17, 15) is 4.79 Å². The lowest BCUT2D eigenvalue weighted by molar-refractivity contribution is 0.101. The number of aryl methyl sites for hydroxylation is 1. The van der Waals surface area contributed by atoms with Crippen LogP contribution in [0, 0.1) is 6.92 Å². The third-order valence-electron chi connectivity index (χ3n) is 4.70. The maximum atomic E-state index is 12.7. The number of hydrogen-bond donors (Lipinski definition) is 1. The molecule has 0 saturated carbocycles. The molecule has 2 aromatic heterocycles. The number of benzene rings is 2. The number of nitrogens with one attached hydrogen (secondary N) is 1. The summed E-state index contributed by atoms with van der Waals surface area (Å²) in [6, 6.07) is 21.1. The third kappa shape index (κ3) is 4.72. The number of hydrogen-bond acceptors (Lipinski definition) is 5. The lowest BCUT2D eigenvalue weighted by Gasteiger charge is -2.08. The number of rotatable bonds is 7. The molecular weight excluding hydrogens is 378 g/mol. The normalized spacial score (nSPS) is 10.6. The Morgan fingerprint density at radius 1 is 0.967 bits per heavy atom. The van der Waals surface area contributed by atoms with Crippen LogP contribution in [-0.2, 0) is 13.0 Å². The van der Waals surface area contributed by atoms with Crippen LogP contribution in [0.15, 0.2) is 83.6 Å². The summed E-state index contributed by atoms with van der Waals surface area (Å²) in [5, 5.41) is 6.80. The maximum absolute atomic E-state index is 12.7. The second-order valence-electron chi connectivity index (χ2n) is 6.85. The van der Waals surface area contributed by atoms with Crippen molar-refractivity contribution < 1.29 is 14.1 Å². The molecular formula is C24H21N3O3. The molecule has 2 aromatic carbocycles. The van der Waals surface area contributed by atoms with Gasteiger partial charge in [0, 0.05) is 18.1 Å². The van der Waals surface area contributed by atoms with Crippen LogP contribution < -0.4 is 10.1 Å². The van der Waals surface area contributed by atoms with E-state index in [0.717, 1.165) is 12.0 Å². The van der Waals surface area contributed by atoms with Crippen LogP contribution in [0.1, 0.15) is 32.9 Å². The van der Waals surface area contributed by atoms with Crippen molar-refractivity contribution in [1.82, 2.24) is 10.1 Å². The molecule has 0 aliphatic rings. The van der Waals surface area contributed by atoms with E-state index in [1.54, 1.807) is 19.3 Å². The number of pyridine rings is 1. The number of amides is 1. The number of para-hydroxylation sites is 1. The van der Waals surface area contributed by atoms with Gasteiger partial charge in [0.1, 0.15) is 18.1 Å². The molecule has 0 unspecified atom stereocenters. The Balaban J connectivity index is 1.41. The van der Waals surface area contributed by atoms with Crippen LogP contribution in [0.25, 0.3) is 0 Å². The van der Waals surface area contributed by atoms with Crippen molar-refractivity contribution in [2.75, 3.05) is 5.32 Å². The standard InChI is InChI=1S/C24H21N3O3/c1-17-22(16-29-21-5-3-2-4-6-21)23(27-30-17)24(28)26-20-9-7-18(8-10-20)15-19-11-13-25-14-12-19/h2-14H,15-16H2,1H3,(H,26,28). The van der Waals surface area contributed by atoms with E-state index < -0.39 is 0 Å². The van der Waals surface area contributed by atoms with E-state index in [1.165, 1.54) is 5.56 Å². The summed E-state index contributed by atoms with van der Waals surface area (Å²) < 4.78 is 11.0. The summed E-state index contributed by atoms with van der Waals surface area (Å²) in [6.45, 7) is 1.97. The highest BCUT2D eigenvalue weighted by molar-refractivity contribution is 6.03. The van der Waals surface area contributed by atoms with Gasteiger partial charge in [0.25, 0.3) is 5.91 Å². The molecule has 6 heteroatoms. The van der Waals surface area contributed by atoms with Crippen molar-refractivity contribution in [2.45, 2.75) is 20.0 Å². The molecule has 0 aliphatic carbocycles. The Kier molecular flexibility index (Phi) is 5.85. The fourth-order valence-corrected chi connectivity index (χ4v) is 3.04. The zero-order chi connectivity index (χ0) is 20.8. The van der Waals surface area contributed by atoms with Gasteiger partial charge in [0.15, 0.2) is 5.69 Å². The lowest BCUT2D eigenvalue weighted by Crippen LogP contribution is -2.15. The summed E-state index contributed by atoms with van der Waals surface area (Å²) in [4.78, 5) is 16.8. The molecule has 150 valence electrons. The zero-order valence-corrected chi connectivity index (χ0v) is 16.5. The molecule has 0 radical (unpaired) electrons. The van der Waals surface area contributed by atoms with Crippen LogP contribution in [-0.4, -0.2) is 16.0 Å². The molecule has 1 N–H and O–H groups in total. The molecule has 2 heterocycles. The second kappa shape index (κ2) is 9.05. The van der Waals surface area contributed by atoms with Crippen LogP contribution in [0.2, 0.25) is 0 Å². The van der Waals surface area contributed by atoms with Crippen molar-refractivity contribution in [3.63, 3.8) is 0 Å².